The summed E-state index contributed by atoms with van der Waals surface area (Å²) in [4.78, 5) is 16.1. The average Bonchev–Trinajstić information content (AvgIpc) is 3.13. The van der Waals surface area contributed by atoms with Crippen LogP contribution in [0.4, 0.5) is 9.18 Å². The van der Waals surface area contributed by atoms with E-state index in [1.54, 1.807) is 30.5 Å². The van der Waals surface area contributed by atoms with Gasteiger partial charge in [-0.1, -0.05) is 12.1 Å². The Bertz CT molecular complexity index is 720. The molecular weight excluding hydrogens is 325 g/mol. The van der Waals surface area contributed by atoms with Gasteiger partial charge in [0, 0.05) is 37.5 Å². The molecule has 1 aliphatic heterocycles. The number of nitrogens with one attached hydrogen (secondary N) is 2. The van der Waals surface area contributed by atoms with Gasteiger partial charge in [0.1, 0.15) is 11.6 Å². The third-order valence-corrected chi connectivity index (χ3v) is 3.81. The number of hydrogen-bond donors (Lipinski definition) is 2. The quantitative estimate of drug-likeness (QED) is 0.844. The summed E-state index contributed by atoms with van der Waals surface area (Å²) < 4.78 is 24.3. The van der Waals surface area contributed by atoms with E-state index < -0.39 is 0 Å². The highest BCUT2D eigenvalue weighted by atomic mass is 19.1. The Hall–Kier alpha value is -2.67. The van der Waals surface area contributed by atoms with E-state index in [9.17, 15) is 9.18 Å². The molecule has 6 nitrogen and oxygen atoms in total. The fourth-order valence-corrected chi connectivity index (χ4v) is 2.54. The summed E-state index contributed by atoms with van der Waals surface area (Å²) >= 11 is 0. The van der Waals surface area contributed by atoms with Crippen molar-refractivity contribution in [2.24, 2.45) is 0 Å². The first kappa shape index (κ1) is 17.2. The lowest BCUT2D eigenvalue weighted by Gasteiger charge is -2.13. The molecule has 0 aliphatic carbocycles. The molecule has 0 spiro atoms. The van der Waals surface area contributed by atoms with E-state index in [1.807, 2.05) is 0 Å². The molecule has 1 aromatic carbocycles. The van der Waals surface area contributed by atoms with E-state index in [2.05, 4.69) is 15.6 Å². The highest BCUT2D eigenvalue weighted by Crippen LogP contribution is 2.23. The molecule has 1 fully saturated rings. The molecule has 1 aliphatic rings. The Labute approximate surface area is 145 Å². The molecular formula is C18H20FN3O3. The van der Waals surface area contributed by atoms with Gasteiger partial charge in [-0.3, -0.25) is 0 Å². The zero-order chi connectivity index (χ0) is 17.5. The molecule has 7 heteroatoms. The second-order valence-electron chi connectivity index (χ2n) is 5.73. The topological polar surface area (TPSA) is 72.5 Å². The first-order valence-electron chi connectivity index (χ1n) is 8.21. The van der Waals surface area contributed by atoms with Gasteiger partial charge in [-0.2, -0.15) is 0 Å². The van der Waals surface area contributed by atoms with Crippen LogP contribution in [0, 0.1) is 5.82 Å². The zero-order valence-electron chi connectivity index (χ0n) is 13.7. The van der Waals surface area contributed by atoms with Gasteiger partial charge in [-0.25, -0.2) is 14.2 Å². The number of carbonyl (C=O) groups excluding carboxylic acids is 1. The summed E-state index contributed by atoms with van der Waals surface area (Å²) in [6.45, 7) is 1.49. The number of pyridine rings is 1. The summed E-state index contributed by atoms with van der Waals surface area (Å²) in [5, 5.41) is 5.55. The second-order valence-corrected chi connectivity index (χ2v) is 5.73. The van der Waals surface area contributed by atoms with E-state index in [4.69, 9.17) is 9.47 Å². The third kappa shape index (κ3) is 5.15. The van der Waals surface area contributed by atoms with Gasteiger partial charge < -0.3 is 20.1 Å². The smallest absolute Gasteiger partial charge is 0.315 e. The number of halogens is 1. The molecule has 3 rings (SSSR count). The van der Waals surface area contributed by atoms with Crippen LogP contribution in [-0.2, 0) is 11.3 Å². The van der Waals surface area contributed by atoms with Crippen LogP contribution < -0.4 is 15.4 Å². The minimum Gasteiger partial charge on any atom is -0.439 e. The van der Waals surface area contributed by atoms with Gasteiger partial charge in [0.05, 0.1) is 6.10 Å². The summed E-state index contributed by atoms with van der Waals surface area (Å²) in [6, 6.07) is 9.08. The average molecular weight is 345 g/mol. The molecule has 1 aromatic heterocycles. The molecule has 1 saturated heterocycles. The molecule has 2 N–H and O–H groups in total. The maximum atomic E-state index is 13.3. The van der Waals surface area contributed by atoms with Gasteiger partial charge in [-0.05, 0) is 31.0 Å². The van der Waals surface area contributed by atoms with Crippen molar-refractivity contribution in [1.29, 1.82) is 0 Å². The fraction of sp³-hybridized carbons (Fsp3) is 0.333. The molecule has 0 saturated carbocycles. The summed E-state index contributed by atoms with van der Waals surface area (Å²) in [7, 11) is 0. The minimum atomic E-state index is -0.387. The van der Waals surface area contributed by atoms with Crippen molar-refractivity contribution in [2.75, 3.05) is 13.2 Å². The third-order valence-electron chi connectivity index (χ3n) is 3.81. The lowest BCUT2D eigenvalue weighted by molar-refractivity contribution is 0.111. The largest absolute Gasteiger partial charge is 0.439 e. The van der Waals surface area contributed by atoms with Gasteiger partial charge in [-0.15, -0.1) is 0 Å². The van der Waals surface area contributed by atoms with Crippen LogP contribution >= 0.6 is 0 Å². The van der Waals surface area contributed by atoms with E-state index in [0.29, 0.717) is 23.7 Å². The molecule has 2 heterocycles. The van der Waals surface area contributed by atoms with Crippen molar-refractivity contribution in [3.05, 3.63) is 54.0 Å². The lowest BCUT2D eigenvalue weighted by Crippen LogP contribution is -2.39. The minimum absolute atomic E-state index is 0.0935. The van der Waals surface area contributed by atoms with E-state index in [-0.39, 0.29) is 24.5 Å². The van der Waals surface area contributed by atoms with Gasteiger partial charge in [0.15, 0.2) is 0 Å². The number of hydrogen-bond acceptors (Lipinski definition) is 4. The van der Waals surface area contributed by atoms with Gasteiger partial charge in [0.25, 0.3) is 0 Å². The van der Waals surface area contributed by atoms with Crippen LogP contribution in [0.5, 0.6) is 11.6 Å². The molecule has 1 atom stereocenters. The maximum absolute atomic E-state index is 13.3. The van der Waals surface area contributed by atoms with Crippen LogP contribution in [0.15, 0.2) is 42.6 Å². The van der Waals surface area contributed by atoms with Crippen molar-refractivity contribution in [3.63, 3.8) is 0 Å². The second kappa shape index (κ2) is 8.43. The van der Waals surface area contributed by atoms with Crippen LogP contribution in [0.1, 0.15) is 18.4 Å². The molecule has 1 unspecified atom stereocenters. The predicted octanol–water partition coefficient (Wildman–Crippen LogP) is 2.99. The maximum Gasteiger partial charge on any atom is 0.315 e. The zero-order valence-corrected chi connectivity index (χ0v) is 13.7. The van der Waals surface area contributed by atoms with Crippen molar-refractivity contribution >= 4 is 6.03 Å². The van der Waals surface area contributed by atoms with E-state index in [0.717, 1.165) is 19.4 Å². The Morgan fingerprint density at radius 1 is 1.32 bits per heavy atom. The number of rotatable bonds is 6. The van der Waals surface area contributed by atoms with Crippen molar-refractivity contribution in [1.82, 2.24) is 15.6 Å². The Balaban J connectivity index is 1.54. The van der Waals surface area contributed by atoms with Crippen molar-refractivity contribution in [2.45, 2.75) is 25.5 Å². The fourth-order valence-electron chi connectivity index (χ4n) is 2.54. The number of benzene rings is 1. The van der Waals surface area contributed by atoms with Crippen LogP contribution in [0.2, 0.25) is 0 Å². The Morgan fingerprint density at radius 3 is 3.04 bits per heavy atom. The van der Waals surface area contributed by atoms with Gasteiger partial charge >= 0.3 is 6.03 Å². The number of amides is 2. The molecule has 2 aromatic rings. The van der Waals surface area contributed by atoms with Crippen LogP contribution in [0.3, 0.4) is 0 Å². The molecule has 132 valence electrons. The Kier molecular flexibility index (Phi) is 5.79. The van der Waals surface area contributed by atoms with E-state index >= 15 is 0 Å². The number of urea groups is 1. The van der Waals surface area contributed by atoms with Gasteiger partial charge in [0.2, 0.25) is 5.88 Å². The highest BCUT2D eigenvalue weighted by molar-refractivity contribution is 5.73. The monoisotopic (exact) mass is 345 g/mol. The standard InChI is InChI=1S/C18H20FN3O3/c19-14-5-1-6-15(10-14)25-17-13(4-2-8-20-17)11-21-18(23)22-12-16-7-3-9-24-16/h1-2,4-6,8,10,16H,3,7,9,11-12H2,(H2,21,22,23). The van der Waals surface area contributed by atoms with Crippen molar-refractivity contribution in [3.8, 4) is 11.6 Å². The molecule has 0 bridgehead atoms. The molecule has 0 radical (unpaired) electrons. The molecule has 2 amide bonds. The van der Waals surface area contributed by atoms with E-state index in [1.165, 1.54) is 12.1 Å². The first-order valence-corrected chi connectivity index (χ1v) is 8.21. The number of carbonyl (C=O) groups is 1. The van der Waals surface area contributed by atoms with Crippen LogP contribution in [0.25, 0.3) is 0 Å². The normalized spacial score (nSPS) is 16.4. The number of nitrogens with zero attached hydrogens (tertiary/aromatic N) is 1. The first-order chi connectivity index (χ1) is 12.2. The Morgan fingerprint density at radius 2 is 2.24 bits per heavy atom. The highest BCUT2D eigenvalue weighted by Gasteiger charge is 2.16. The lowest BCUT2D eigenvalue weighted by atomic mass is 10.2. The summed E-state index contributed by atoms with van der Waals surface area (Å²) in [6.07, 6.45) is 3.67. The number of ether oxygens (including phenoxy) is 2. The van der Waals surface area contributed by atoms with Crippen LogP contribution in [-0.4, -0.2) is 30.3 Å². The molecule has 25 heavy (non-hydrogen) atoms. The number of aromatic nitrogens is 1. The SMILES string of the molecule is O=C(NCc1cccnc1Oc1cccc(F)c1)NCC1CCCO1. The summed E-state index contributed by atoms with van der Waals surface area (Å²) in [5.41, 5.74) is 0.694. The predicted molar refractivity (Wildman–Crippen MR) is 89.9 cm³/mol. The van der Waals surface area contributed by atoms with Crippen molar-refractivity contribution < 1.29 is 18.7 Å². The summed E-state index contributed by atoms with van der Waals surface area (Å²) in [5.74, 6) is 0.289.